The van der Waals surface area contributed by atoms with Crippen LogP contribution >= 0.6 is 11.6 Å². The van der Waals surface area contributed by atoms with Gasteiger partial charge in [-0.1, -0.05) is 11.6 Å². The van der Waals surface area contributed by atoms with E-state index in [4.69, 9.17) is 16.3 Å². The summed E-state index contributed by atoms with van der Waals surface area (Å²) in [5.74, 6) is 0. The van der Waals surface area contributed by atoms with Gasteiger partial charge in [0.15, 0.2) is 0 Å². The fraction of sp³-hybridized carbons (Fsp3) is 0.727. The second-order valence-electron chi connectivity index (χ2n) is 4.43. The van der Waals surface area contributed by atoms with Crippen LogP contribution in [0.3, 0.4) is 0 Å². The molecule has 90 valence electrons. The lowest BCUT2D eigenvalue weighted by Crippen LogP contribution is -2.35. The van der Waals surface area contributed by atoms with Crippen LogP contribution in [0.1, 0.15) is 31.4 Å². The van der Waals surface area contributed by atoms with E-state index in [1.807, 2.05) is 7.05 Å². The molecule has 0 bridgehead atoms. The van der Waals surface area contributed by atoms with Crippen LogP contribution in [0, 0.1) is 0 Å². The van der Waals surface area contributed by atoms with Gasteiger partial charge in [-0.25, -0.2) is 0 Å². The number of halogens is 1. The third-order valence-corrected chi connectivity index (χ3v) is 3.70. The van der Waals surface area contributed by atoms with Gasteiger partial charge in [0.2, 0.25) is 0 Å². The highest BCUT2D eigenvalue weighted by atomic mass is 35.5. The maximum atomic E-state index is 10.6. The lowest BCUT2D eigenvalue weighted by atomic mass is 9.81. The molecule has 0 unspecified atom stereocenters. The Bertz CT molecular complexity index is 351. The van der Waals surface area contributed by atoms with Crippen LogP contribution in [-0.4, -0.2) is 28.1 Å². The summed E-state index contributed by atoms with van der Waals surface area (Å²) in [6.07, 6.45) is 4.89. The zero-order valence-electron chi connectivity index (χ0n) is 9.61. The predicted molar refractivity (Wildman–Crippen MR) is 61.4 cm³/mol. The fourth-order valence-corrected chi connectivity index (χ4v) is 2.82. The van der Waals surface area contributed by atoms with Gasteiger partial charge in [0.25, 0.3) is 0 Å². The molecule has 1 saturated carbocycles. The first-order valence-electron chi connectivity index (χ1n) is 5.50. The standard InChI is InChI=1S/C11H17ClN2O2/c1-14-10(9(12)7-13-14)11(15)5-3-8(16-2)4-6-11/h7-8,15H,3-6H2,1-2H3. The number of aromatic nitrogens is 2. The van der Waals surface area contributed by atoms with Crippen LogP contribution in [0.4, 0.5) is 0 Å². The van der Waals surface area contributed by atoms with Gasteiger partial charge < -0.3 is 9.84 Å². The Hall–Kier alpha value is -0.580. The number of methoxy groups -OCH3 is 1. The summed E-state index contributed by atoms with van der Waals surface area (Å²) in [7, 11) is 3.52. The Morgan fingerprint density at radius 3 is 2.62 bits per heavy atom. The van der Waals surface area contributed by atoms with E-state index in [1.165, 1.54) is 0 Å². The Morgan fingerprint density at radius 1 is 1.56 bits per heavy atom. The van der Waals surface area contributed by atoms with Crippen molar-refractivity contribution in [2.45, 2.75) is 37.4 Å². The summed E-state index contributed by atoms with van der Waals surface area (Å²) in [6.45, 7) is 0. The summed E-state index contributed by atoms with van der Waals surface area (Å²) in [4.78, 5) is 0. The van der Waals surface area contributed by atoms with Gasteiger partial charge >= 0.3 is 0 Å². The lowest BCUT2D eigenvalue weighted by molar-refractivity contribution is -0.0521. The Kier molecular flexibility index (Phi) is 3.24. The SMILES string of the molecule is COC1CCC(O)(c2c(Cl)cnn2C)CC1. The van der Waals surface area contributed by atoms with Crippen LogP contribution < -0.4 is 0 Å². The Labute approximate surface area is 100 Å². The fourth-order valence-electron chi connectivity index (χ4n) is 2.48. The molecule has 0 atom stereocenters. The number of nitrogens with zero attached hydrogens (tertiary/aromatic N) is 2. The second-order valence-corrected chi connectivity index (χ2v) is 4.84. The normalized spacial score (nSPS) is 30.6. The van der Waals surface area contributed by atoms with E-state index >= 15 is 0 Å². The van der Waals surface area contributed by atoms with Gasteiger partial charge in [-0.05, 0) is 25.7 Å². The number of aliphatic hydroxyl groups is 1. The molecule has 0 spiro atoms. The van der Waals surface area contributed by atoms with E-state index < -0.39 is 5.60 Å². The molecule has 0 amide bonds. The van der Waals surface area contributed by atoms with Gasteiger partial charge in [-0.3, -0.25) is 4.68 Å². The molecule has 0 radical (unpaired) electrons. The van der Waals surface area contributed by atoms with Crippen molar-refractivity contribution in [1.29, 1.82) is 0 Å². The number of hydrogen-bond donors (Lipinski definition) is 1. The molecule has 0 aromatic carbocycles. The molecule has 4 nitrogen and oxygen atoms in total. The molecule has 0 aliphatic heterocycles. The predicted octanol–water partition coefficient (Wildman–Crippen LogP) is 1.85. The van der Waals surface area contributed by atoms with E-state index in [-0.39, 0.29) is 6.10 Å². The molecule has 1 aromatic heterocycles. The number of hydrogen-bond acceptors (Lipinski definition) is 3. The first-order valence-corrected chi connectivity index (χ1v) is 5.88. The van der Waals surface area contributed by atoms with Gasteiger partial charge in [0, 0.05) is 14.2 Å². The summed E-state index contributed by atoms with van der Waals surface area (Å²) >= 11 is 6.06. The summed E-state index contributed by atoms with van der Waals surface area (Å²) in [5.41, 5.74) is -0.124. The van der Waals surface area contributed by atoms with Crippen molar-refractivity contribution in [3.8, 4) is 0 Å². The largest absolute Gasteiger partial charge is 0.384 e. The Balaban J connectivity index is 2.21. The van der Waals surface area contributed by atoms with Crippen molar-refractivity contribution in [3.05, 3.63) is 16.9 Å². The summed E-state index contributed by atoms with van der Waals surface area (Å²) in [6, 6.07) is 0. The number of ether oxygens (including phenoxy) is 1. The monoisotopic (exact) mass is 244 g/mol. The molecule has 1 N–H and O–H groups in total. The highest BCUT2D eigenvalue weighted by Crippen LogP contribution is 2.40. The van der Waals surface area contributed by atoms with Crippen LogP contribution in [0.2, 0.25) is 5.02 Å². The smallest absolute Gasteiger partial charge is 0.108 e. The van der Waals surface area contributed by atoms with Crippen LogP contribution in [0.15, 0.2) is 6.20 Å². The van der Waals surface area contributed by atoms with E-state index in [0.29, 0.717) is 17.9 Å². The highest BCUT2D eigenvalue weighted by Gasteiger charge is 2.38. The number of aryl methyl sites for hydroxylation is 1. The average Bonchev–Trinajstić information content (AvgIpc) is 2.60. The quantitative estimate of drug-likeness (QED) is 0.864. The molecule has 1 aliphatic carbocycles. The van der Waals surface area contributed by atoms with Crippen molar-refractivity contribution in [2.24, 2.45) is 7.05 Å². The van der Waals surface area contributed by atoms with Crippen LogP contribution in [0.25, 0.3) is 0 Å². The van der Waals surface area contributed by atoms with Gasteiger partial charge in [0.1, 0.15) is 5.60 Å². The van der Waals surface area contributed by atoms with Gasteiger partial charge in [0.05, 0.1) is 23.0 Å². The van der Waals surface area contributed by atoms with Gasteiger partial charge in [-0.2, -0.15) is 5.10 Å². The lowest BCUT2D eigenvalue weighted by Gasteiger charge is -2.35. The zero-order valence-corrected chi connectivity index (χ0v) is 10.4. The minimum atomic E-state index is -0.850. The minimum absolute atomic E-state index is 0.257. The van der Waals surface area contributed by atoms with Crippen molar-refractivity contribution in [3.63, 3.8) is 0 Å². The van der Waals surface area contributed by atoms with Gasteiger partial charge in [-0.15, -0.1) is 0 Å². The van der Waals surface area contributed by atoms with Crippen molar-refractivity contribution < 1.29 is 9.84 Å². The molecule has 1 aromatic rings. The summed E-state index contributed by atoms with van der Waals surface area (Å²) < 4.78 is 6.96. The van der Waals surface area contributed by atoms with E-state index in [9.17, 15) is 5.11 Å². The first kappa shape index (κ1) is 11.9. The molecule has 1 aliphatic rings. The summed E-state index contributed by atoms with van der Waals surface area (Å²) in [5, 5.41) is 15.2. The third kappa shape index (κ3) is 1.97. The minimum Gasteiger partial charge on any atom is -0.384 e. The first-order chi connectivity index (χ1) is 7.57. The second kappa shape index (κ2) is 4.35. The topological polar surface area (TPSA) is 47.3 Å². The van der Waals surface area contributed by atoms with Crippen molar-refractivity contribution in [1.82, 2.24) is 9.78 Å². The Morgan fingerprint density at radius 2 is 2.19 bits per heavy atom. The third-order valence-electron chi connectivity index (χ3n) is 3.43. The molecule has 1 heterocycles. The molecule has 0 saturated heterocycles. The molecule has 5 heteroatoms. The van der Waals surface area contributed by atoms with E-state index in [0.717, 1.165) is 18.5 Å². The molecule has 16 heavy (non-hydrogen) atoms. The maximum absolute atomic E-state index is 10.6. The highest BCUT2D eigenvalue weighted by molar-refractivity contribution is 6.31. The maximum Gasteiger partial charge on any atom is 0.108 e. The zero-order chi connectivity index (χ0) is 11.8. The molecular weight excluding hydrogens is 228 g/mol. The average molecular weight is 245 g/mol. The van der Waals surface area contributed by atoms with Crippen LogP contribution in [-0.2, 0) is 17.4 Å². The molecular formula is C11H17ClN2O2. The number of rotatable bonds is 2. The molecule has 2 rings (SSSR count). The van der Waals surface area contributed by atoms with Crippen molar-refractivity contribution >= 4 is 11.6 Å². The van der Waals surface area contributed by atoms with E-state index in [1.54, 1.807) is 18.0 Å². The molecule has 1 fully saturated rings. The van der Waals surface area contributed by atoms with Crippen LogP contribution in [0.5, 0.6) is 0 Å². The van der Waals surface area contributed by atoms with Crippen molar-refractivity contribution in [2.75, 3.05) is 7.11 Å². The van der Waals surface area contributed by atoms with E-state index in [2.05, 4.69) is 5.10 Å².